The Balaban J connectivity index is 2.94. The highest BCUT2D eigenvalue weighted by molar-refractivity contribution is 6.42. The Labute approximate surface area is 136 Å². The van der Waals surface area contributed by atoms with Crippen molar-refractivity contribution in [2.45, 2.75) is 26.3 Å². The van der Waals surface area contributed by atoms with E-state index in [0.717, 1.165) is 19.6 Å². The second kappa shape index (κ2) is 7.99. The summed E-state index contributed by atoms with van der Waals surface area (Å²) >= 11 is 12.3. The van der Waals surface area contributed by atoms with Gasteiger partial charge in [-0.3, -0.25) is 10.1 Å². The van der Waals surface area contributed by atoms with Crippen molar-refractivity contribution < 1.29 is 4.79 Å². The Morgan fingerprint density at radius 1 is 1.33 bits per heavy atom. The Morgan fingerprint density at radius 2 is 1.95 bits per heavy atom. The standard InChI is InChI=1S/C15H23Cl2N3O/c1-4-20(5-2)10-9-19-15(3,14(18)21)11-7-6-8-12(16)13(11)17/h6-8,19H,4-5,9-10H2,1-3H3,(H2,18,21). The van der Waals surface area contributed by atoms with Gasteiger partial charge in [-0.1, -0.05) is 49.2 Å². The van der Waals surface area contributed by atoms with Gasteiger partial charge in [0.1, 0.15) is 5.54 Å². The zero-order valence-corrected chi connectivity index (χ0v) is 14.3. The lowest BCUT2D eigenvalue weighted by Crippen LogP contribution is -2.52. The number of halogens is 2. The number of nitrogens with zero attached hydrogens (tertiary/aromatic N) is 1. The van der Waals surface area contributed by atoms with Crippen molar-refractivity contribution in [2.75, 3.05) is 26.2 Å². The van der Waals surface area contributed by atoms with Crippen molar-refractivity contribution in [3.05, 3.63) is 33.8 Å². The van der Waals surface area contributed by atoms with E-state index in [1.807, 2.05) is 0 Å². The number of nitrogens with two attached hydrogens (primary N) is 1. The monoisotopic (exact) mass is 331 g/mol. The molecule has 1 amide bonds. The van der Waals surface area contributed by atoms with Crippen LogP contribution >= 0.6 is 23.2 Å². The van der Waals surface area contributed by atoms with Gasteiger partial charge in [-0.2, -0.15) is 0 Å². The van der Waals surface area contributed by atoms with E-state index in [4.69, 9.17) is 28.9 Å². The number of carbonyl (C=O) groups is 1. The molecule has 1 atom stereocenters. The zero-order valence-electron chi connectivity index (χ0n) is 12.7. The summed E-state index contributed by atoms with van der Waals surface area (Å²) < 4.78 is 0. The van der Waals surface area contributed by atoms with E-state index in [2.05, 4.69) is 24.1 Å². The summed E-state index contributed by atoms with van der Waals surface area (Å²) in [4.78, 5) is 14.2. The minimum absolute atomic E-state index is 0.357. The molecule has 21 heavy (non-hydrogen) atoms. The first-order valence-electron chi connectivity index (χ1n) is 7.08. The molecule has 0 bridgehead atoms. The van der Waals surface area contributed by atoms with Crippen LogP contribution in [0.5, 0.6) is 0 Å². The largest absolute Gasteiger partial charge is 0.368 e. The highest BCUT2D eigenvalue weighted by Crippen LogP contribution is 2.33. The van der Waals surface area contributed by atoms with Gasteiger partial charge in [-0.25, -0.2) is 0 Å². The molecule has 0 saturated carbocycles. The summed E-state index contributed by atoms with van der Waals surface area (Å²) in [6.45, 7) is 9.31. The highest BCUT2D eigenvalue weighted by Gasteiger charge is 2.35. The molecule has 0 heterocycles. The van der Waals surface area contributed by atoms with Crippen molar-refractivity contribution in [1.82, 2.24) is 10.2 Å². The fraction of sp³-hybridized carbons (Fsp3) is 0.533. The van der Waals surface area contributed by atoms with E-state index in [-0.39, 0.29) is 0 Å². The van der Waals surface area contributed by atoms with Gasteiger partial charge >= 0.3 is 0 Å². The number of carbonyl (C=O) groups excluding carboxylic acids is 1. The average molecular weight is 332 g/mol. The lowest BCUT2D eigenvalue weighted by atomic mass is 9.91. The van der Waals surface area contributed by atoms with Crippen LogP contribution in [0, 0.1) is 0 Å². The van der Waals surface area contributed by atoms with Gasteiger partial charge in [-0.15, -0.1) is 0 Å². The van der Waals surface area contributed by atoms with E-state index >= 15 is 0 Å². The number of amides is 1. The fourth-order valence-corrected chi connectivity index (χ4v) is 2.70. The van der Waals surface area contributed by atoms with Crippen LogP contribution in [0.2, 0.25) is 10.0 Å². The highest BCUT2D eigenvalue weighted by atomic mass is 35.5. The second-order valence-corrected chi connectivity index (χ2v) is 5.83. The molecule has 0 aromatic heterocycles. The summed E-state index contributed by atoms with van der Waals surface area (Å²) in [5.74, 6) is -0.480. The maximum Gasteiger partial charge on any atom is 0.242 e. The zero-order chi connectivity index (χ0) is 16.0. The molecule has 118 valence electrons. The SMILES string of the molecule is CCN(CC)CCNC(C)(C(N)=O)c1cccc(Cl)c1Cl. The molecular formula is C15H23Cl2N3O. The molecule has 0 aliphatic rings. The number of rotatable bonds is 8. The van der Waals surface area contributed by atoms with Crippen molar-refractivity contribution in [2.24, 2.45) is 5.73 Å². The third kappa shape index (κ3) is 4.33. The molecule has 4 nitrogen and oxygen atoms in total. The summed E-state index contributed by atoms with van der Waals surface area (Å²) in [6.07, 6.45) is 0. The third-order valence-electron chi connectivity index (χ3n) is 3.78. The van der Waals surface area contributed by atoms with Crippen LogP contribution in [-0.4, -0.2) is 37.0 Å². The molecule has 0 aliphatic heterocycles. The van der Waals surface area contributed by atoms with Gasteiger partial charge < -0.3 is 10.6 Å². The van der Waals surface area contributed by atoms with Gasteiger partial charge in [0, 0.05) is 18.7 Å². The molecule has 0 fully saturated rings. The van der Waals surface area contributed by atoms with Crippen LogP contribution in [-0.2, 0) is 10.3 Å². The minimum Gasteiger partial charge on any atom is -0.368 e. The quantitative estimate of drug-likeness (QED) is 0.769. The summed E-state index contributed by atoms with van der Waals surface area (Å²) in [5, 5.41) is 3.99. The molecule has 6 heteroatoms. The van der Waals surface area contributed by atoms with Crippen LogP contribution in [0.4, 0.5) is 0 Å². The molecule has 1 rings (SSSR count). The molecular weight excluding hydrogens is 309 g/mol. The number of hydrogen-bond donors (Lipinski definition) is 2. The maximum atomic E-state index is 11.9. The number of primary amides is 1. The average Bonchev–Trinajstić information content (AvgIpc) is 2.46. The molecule has 0 radical (unpaired) electrons. The molecule has 0 spiro atoms. The van der Waals surface area contributed by atoms with Crippen molar-refractivity contribution in [3.63, 3.8) is 0 Å². The molecule has 1 aromatic rings. The lowest BCUT2D eigenvalue weighted by Gasteiger charge is -2.30. The van der Waals surface area contributed by atoms with Crippen molar-refractivity contribution in [3.8, 4) is 0 Å². The van der Waals surface area contributed by atoms with Gasteiger partial charge in [0.15, 0.2) is 0 Å². The van der Waals surface area contributed by atoms with Crippen LogP contribution < -0.4 is 11.1 Å². The van der Waals surface area contributed by atoms with Crippen LogP contribution in [0.1, 0.15) is 26.3 Å². The van der Waals surface area contributed by atoms with Crippen LogP contribution in [0.25, 0.3) is 0 Å². The predicted octanol–water partition coefficient (Wildman–Crippen LogP) is 2.63. The Morgan fingerprint density at radius 3 is 2.48 bits per heavy atom. The van der Waals surface area contributed by atoms with Crippen molar-refractivity contribution >= 4 is 29.1 Å². The minimum atomic E-state index is -1.05. The second-order valence-electron chi connectivity index (χ2n) is 5.04. The Bertz CT molecular complexity index is 492. The first-order valence-corrected chi connectivity index (χ1v) is 7.84. The Kier molecular flexibility index (Phi) is 6.94. The first-order chi connectivity index (χ1) is 9.86. The van der Waals surface area contributed by atoms with Gasteiger partial charge in [0.25, 0.3) is 0 Å². The normalized spacial score (nSPS) is 14.2. The van der Waals surface area contributed by atoms with Crippen molar-refractivity contribution in [1.29, 1.82) is 0 Å². The number of likely N-dealkylation sites (N-methyl/N-ethyl adjacent to an activating group) is 1. The first kappa shape index (κ1) is 18.2. The number of benzene rings is 1. The van der Waals surface area contributed by atoms with E-state index < -0.39 is 11.4 Å². The van der Waals surface area contributed by atoms with Gasteiger partial charge in [-0.05, 0) is 26.1 Å². The maximum absolute atomic E-state index is 11.9. The molecule has 0 saturated heterocycles. The van der Waals surface area contributed by atoms with Gasteiger partial charge in [0.05, 0.1) is 10.0 Å². The molecule has 0 aliphatic carbocycles. The smallest absolute Gasteiger partial charge is 0.242 e. The fourth-order valence-electron chi connectivity index (χ4n) is 2.21. The summed E-state index contributed by atoms with van der Waals surface area (Å²) in [7, 11) is 0. The van der Waals surface area contributed by atoms with Crippen LogP contribution in [0.15, 0.2) is 18.2 Å². The number of nitrogens with one attached hydrogen (secondary N) is 1. The summed E-state index contributed by atoms with van der Waals surface area (Å²) in [6, 6.07) is 5.21. The van der Waals surface area contributed by atoms with E-state index in [1.54, 1.807) is 25.1 Å². The topological polar surface area (TPSA) is 58.4 Å². The summed E-state index contributed by atoms with van der Waals surface area (Å²) in [5.41, 5.74) is 5.14. The van der Waals surface area contributed by atoms with E-state index in [9.17, 15) is 4.79 Å². The van der Waals surface area contributed by atoms with Crippen LogP contribution in [0.3, 0.4) is 0 Å². The third-order valence-corrected chi connectivity index (χ3v) is 4.60. The Hall–Kier alpha value is -0.810. The lowest BCUT2D eigenvalue weighted by molar-refractivity contribution is -0.124. The van der Waals surface area contributed by atoms with E-state index in [0.29, 0.717) is 22.2 Å². The molecule has 1 aromatic carbocycles. The molecule has 3 N–H and O–H groups in total. The predicted molar refractivity (Wildman–Crippen MR) is 88.8 cm³/mol. The van der Waals surface area contributed by atoms with Gasteiger partial charge in [0.2, 0.25) is 5.91 Å². The molecule has 1 unspecified atom stereocenters. The number of hydrogen-bond acceptors (Lipinski definition) is 3. The van der Waals surface area contributed by atoms with E-state index in [1.165, 1.54) is 0 Å².